The van der Waals surface area contributed by atoms with Crippen LogP contribution in [0.15, 0.2) is 6.20 Å². The van der Waals surface area contributed by atoms with E-state index >= 15 is 0 Å². The molecule has 1 atom stereocenters. The minimum absolute atomic E-state index is 0.0709. The van der Waals surface area contributed by atoms with Gasteiger partial charge in [-0.1, -0.05) is 12.1 Å². The number of carbonyl (C=O) groups excluding carboxylic acids is 2. The summed E-state index contributed by atoms with van der Waals surface area (Å²) in [6, 6.07) is 0. The van der Waals surface area contributed by atoms with E-state index in [1.807, 2.05) is 13.8 Å². The van der Waals surface area contributed by atoms with Crippen LogP contribution in [0.5, 0.6) is 0 Å². The first kappa shape index (κ1) is 16.4. The van der Waals surface area contributed by atoms with Gasteiger partial charge in [-0.3, -0.25) is 9.59 Å². The Hall–Kier alpha value is -1.96. The average Bonchev–Trinajstić information content (AvgIpc) is 2.95. The van der Waals surface area contributed by atoms with Crippen molar-refractivity contribution in [2.45, 2.75) is 32.4 Å². The third-order valence-corrected chi connectivity index (χ3v) is 4.08. The molecular weight excluding hydrogens is 286 g/mol. The second kappa shape index (κ2) is 6.43. The molecule has 1 aliphatic rings. The van der Waals surface area contributed by atoms with Crippen molar-refractivity contribution in [1.82, 2.24) is 24.8 Å². The van der Waals surface area contributed by atoms with Crippen LogP contribution in [0, 0.1) is 0 Å². The van der Waals surface area contributed by atoms with E-state index in [0.717, 1.165) is 6.42 Å². The molecule has 2 heterocycles. The fourth-order valence-corrected chi connectivity index (χ4v) is 2.33. The lowest BCUT2D eigenvalue weighted by atomic mass is 9.95. The topological polar surface area (TPSA) is 80.6 Å². The van der Waals surface area contributed by atoms with Gasteiger partial charge in [0, 0.05) is 20.6 Å². The minimum atomic E-state index is -0.335. The molecule has 0 spiro atoms. The Kier molecular flexibility index (Phi) is 4.80. The van der Waals surface area contributed by atoms with Gasteiger partial charge in [0.1, 0.15) is 6.54 Å². The predicted molar refractivity (Wildman–Crippen MR) is 79.3 cm³/mol. The summed E-state index contributed by atoms with van der Waals surface area (Å²) in [7, 11) is 3.34. The molecular formula is C14H23N5O3. The van der Waals surface area contributed by atoms with Crippen LogP contribution in [0.2, 0.25) is 0 Å². The minimum Gasteiger partial charge on any atom is -0.377 e. The first-order chi connectivity index (χ1) is 10.4. The molecule has 0 aliphatic carbocycles. The first-order valence-corrected chi connectivity index (χ1v) is 7.37. The number of rotatable bonds is 4. The van der Waals surface area contributed by atoms with Crippen LogP contribution in [0.1, 0.15) is 30.8 Å². The Labute approximate surface area is 130 Å². The van der Waals surface area contributed by atoms with Crippen molar-refractivity contribution >= 4 is 11.8 Å². The zero-order valence-electron chi connectivity index (χ0n) is 13.6. The third kappa shape index (κ3) is 3.27. The second-order valence-electron chi connectivity index (χ2n) is 5.95. The van der Waals surface area contributed by atoms with E-state index in [9.17, 15) is 9.59 Å². The van der Waals surface area contributed by atoms with Crippen molar-refractivity contribution in [2.24, 2.45) is 0 Å². The lowest BCUT2D eigenvalue weighted by molar-refractivity contribution is -0.129. The van der Waals surface area contributed by atoms with Gasteiger partial charge in [-0.15, -0.1) is 5.10 Å². The zero-order valence-corrected chi connectivity index (χ0v) is 13.6. The van der Waals surface area contributed by atoms with Crippen LogP contribution in [-0.4, -0.2) is 76.0 Å². The largest absolute Gasteiger partial charge is 0.377 e. The molecule has 1 aromatic rings. The van der Waals surface area contributed by atoms with E-state index in [4.69, 9.17) is 4.74 Å². The maximum absolute atomic E-state index is 12.7. The molecule has 1 unspecified atom stereocenters. The average molecular weight is 309 g/mol. The molecule has 22 heavy (non-hydrogen) atoms. The summed E-state index contributed by atoms with van der Waals surface area (Å²) < 4.78 is 6.88. The van der Waals surface area contributed by atoms with E-state index in [1.54, 1.807) is 19.0 Å². The van der Waals surface area contributed by atoms with Crippen LogP contribution >= 0.6 is 0 Å². The van der Waals surface area contributed by atoms with Crippen LogP contribution in [0.3, 0.4) is 0 Å². The molecule has 0 saturated carbocycles. The van der Waals surface area contributed by atoms with Crippen LogP contribution in [-0.2, 0) is 16.1 Å². The summed E-state index contributed by atoms with van der Waals surface area (Å²) in [5.74, 6) is -0.273. The van der Waals surface area contributed by atoms with Crippen LogP contribution in [0.4, 0.5) is 0 Å². The summed E-state index contributed by atoms with van der Waals surface area (Å²) in [5, 5.41) is 7.78. The SMILES string of the molecule is CCC1(C)COCCN1C(=O)c1cn(CC(=O)N(C)C)nn1. The van der Waals surface area contributed by atoms with Gasteiger partial charge in [-0.05, 0) is 13.3 Å². The molecule has 0 radical (unpaired) electrons. The number of likely N-dealkylation sites (N-methyl/N-ethyl adjacent to an activating group) is 1. The van der Waals surface area contributed by atoms with E-state index in [1.165, 1.54) is 15.8 Å². The molecule has 0 N–H and O–H groups in total. The highest BCUT2D eigenvalue weighted by atomic mass is 16.5. The number of amides is 2. The number of carbonyl (C=O) groups is 2. The Balaban J connectivity index is 2.12. The maximum atomic E-state index is 12.7. The van der Waals surface area contributed by atoms with Gasteiger partial charge in [0.05, 0.1) is 24.9 Å². The predicted octanol–water partition coefficient (Wildman–Crippen LogP) is 0.00740. The number of hydrogen-bond donors (Lipinski definition) is 0. The van der Waals surface area contributed by atoms with Crippen molar-refractivity contribution in [3.8, 4) is 0 Å². The molecule has 1 aromatic heterocycles. The Morgan fingerprint density at radius 2 is 2.18 bits per heavy atom. The van der Waals surface area contributed by atoms with Crippen LogP contribution in [0.25, 0.3) is 0 Å². The lowest BCUT2D eigenvalue weighted by Gasteiger charge is -2.43. The monoisotopic (exact) mass is 309 g/mol. The van der Waals surface area contributed by atoms with Gasteiger partial charge in [-0.25, -0.2) is 4.68 Å². The van der Waals surface area contributed by atoms with Gasteiger partial charge in [-0.2, -0.15) is 0 Å². The quantitative estimate of drug-likeness (QED) is 0.782. The third-order valence-electron chi connectivity index (χ3n) is 4.08. The number of ether oxygens (including phenoxy) is 1. The van der Waals surface area contributed by atoms with Crippen molar-refractivity contribution < 1.29 is 14.3 Å². The molecule has 0 bridgehead atoms. The highest BCUT2D eigenvalue weighted by molar-refractivity contribution is 5.92. The van der Waals surface area contributed by atoms with Gasteiger partial charge < -0.3 is 14.5 Å². The molecule has 2 rings (SSSR count). The summed E-state index contributed by atoms with van der Waals surface area (Å²) in [6.07, 6.45) is 2.32. The van der Waals surface area contributed by atoms with Crippen molar-refractivity contribution in [1.29, 1.82) is 0 Å². The molecule has 1 saturated heterocycles. The number of aromatic nitrogens is 3. The Morgan fingerprint density at radius 1 is 1.45 bits per heavy atom. The van der Waals surface area contributed by atoms with Gasteiger partial charge in [0.15, 0.2) is 5.69 Å². The molecule has 1 aliphatic heterocycles. The lowest BCUT2D eigenvalue weighted by Crippen LogP contribution is -2.57. The second-order valence-corrected chi connectivity index (χ2v) is 5.95. The highest BCUT2D eigenvalue weighted by Gasteiger charge is 2.38. The molecule has 2 amide bonds. The molecule has 122 valence electrons. The Bertz CT molecular complexity index is 556. The van der Waals surface area contributed by atoms with E-state index in [2.05, 4.69) is 10.3 Å². The normalized spacial score (nSPS) is 21.7. The summed E-state index contributed by atoms with van der Waals surface area (Å²) >= 11 is 0. The zero-order chi connectivity index (χ0) is 16.3. The van der Waals surface area contributed by atoms with Crippen molar-refractivity contribution in [2.75, 3.05) is 33.9 Å². The van der Waals surface area contributed by atoms with Crippen molar-refractivity contribution in [3.63, 3.8) is 0 Å². The standard InChI is InChI=1S/C14H23N5O3/c1-5-14(2)10-22-7-6-19(14)13(21)11-8-18(16-15-11)9-12(20)17(3)4/h8H,5-7,9-10H2,1-4H3. The molecule has 0 aromatic carbocycles. The Morgan fingerprint density at radius 3 is 2.82 bits per heavy atom. The van der Waals surface area contributed by atoms with Crippen LogP contribution < -0.4 is 0 Å². The van der Waals surface area contributed by atoms with Gasteiger partial charge in [0.25, 0.3) is 5.91 Å². The van der Waals surface area contributed by atoms with Crippen molar-refractivity contribution in [3.05, 3.63) is 11.9 Å². The molecule has 1 fully saturated rings. The summed E-state index contributed by atoms with van der Waals surface area (Å²) in [4.78, 5) is 27.6. The number of morpholine rings is 1. The highest BCUT2D eigenvalue weighted by Crippen LogP contribution is 2.24. The fourth-order valence-electron chi connectivity index (χ4n) is 2.33. The van der Waals surface area contributed by atoms with E-state index in [-0.39, 0.29) is 29.6 Å². The summed E-state index contributed by atoms with van der Waals surface area (Å²) in [5.41, 5.74) is -0.0772. The first-order valence-electron chi connectivity index (χ1n) is 7.37. The number of nitrogens with zero attached hydrogens (tertiary/aromatic N) is 5. The van der Waals surface area contributed by atoms with E-state index in [0.29, 0.717) is 19.8 Å². The van der Waals surface area contributed by atoms with E-state index < -0.39 is 0 Å². The van der Waals surface area contributed by atoms with Gasteiger partial charge >= 0.3 is 0 Å². The fraction of sp³-hybridized carbons (Fsp3) is 0.714. The smallest absolute Gasteiger partial charge is 0.276 e. The molecule has 8 heteroatoms. The van der Waals surface area contributed by atoms with Gasteiger partial charge in [0.2, 0.25) is 5.91 Å². The summed E-state index contributed by atoms with van der Waals surface area (Å²) in [6.45, 7) is 5.68. The maximum Gasteiger partial charge on any atom is 0.276 e. The molecule has 8 nitrogen and oxygen atoms in total. The number of hydrogen-bond acceptors (Lipinski definition) is 5.